The SMILES string of the molecule is COc1cc(OC)c(C2=NO[C@]3(C2)C[C@@H](C(=O)N[C@@H](CC2CC2)C(=O)C(N)=O)N(C(=O)[C@@H](NC(=O)OC(C)(C)C)C(C)(C)C)C3)cc1Cl. The maximum Gasteiger partial charge on any atom is 0.408 e. The van der Waals surface area contributed by atoms with Crippen molar-refractivity contribution in [2.45, 2.75) is 103 Å². The van der Waals surface area contributed by atoms with Crippen LogP contribution in [-0.2, 0) is 28.8 Å². The zero-order valence-corrected chi connectivity index (χ0v) is 29.5. The summed E-state index contributed by atoms with van der Waals surface area (Å²) < 4.78 is 16.3. The number of carbonyl (C=O) groups is 5. The number of likely N-dealkylation sites (tertiary alicyclic amines) is 1. The number of nitrogens with one attached hydrogen (secondary N) is 2. The molecule has 4 amide bonds. The van der Waals surface area contributed by atoms with Crippen LogP contribution in [-0.4, -0.2) is 90.3 Å². The van der Waals surface area contributed by atoms with Gasteiger partial charge in [-0.3, -0.25) is 19.2 Å². The number of nitrogens with two attached hydrogens (primary N) is 1. The molecular formula is C33H46ClN5O9. The third kappa shape index (κ3) is 8.50. The predicted molar refractivity (Wildman–Crippen MR) is 176 cm³/mol. The number of methoxy groups -OCH3 is 2. The molecule has 1 aliphatic carbocycles. The number of hydrogen-bond donors (Lipinski definition) is 3. The maximum absolute atomic E-state index is 14.4. The van der Waals surface area contributed by atoms with Gasteiger partial charge in [-0.1, -0.05) is 50.4 Å². The van der Waals surface area contributed by atoms with Gasteiger partial charge in [-0.2, -0.15) is 0 Å². The summed E-state index contributed by atoms with van der Waals surface area (Å²) in [6.45, 7) is 10.4. The van der Waals surface area contributed by atoms with Crippen molar-refractivity contribution < 1.29 is 43.0 Å². The lowest BCUT2D eigenvalue weighted by Crippen LogP contribution is -2.59. The average molecular weight is 692 g/mol. The molecule has 4 N–H and O–H groups in total. The first kappa shape index (κ1) is 36.8. The van der Waals surface area contributed by atoms with E-state index in [-0.39, 0.29) is 31.7 Å². The van der Waals surface area contributed by atoms with Crippen LogP contribution in [0.5, 0.6) is 11.5 Å². The summed E-state index contributed by atoms with van der Waals surface area (Å²) in [6.07, 6.45) is 1.36. The molecule has 0 radical (unpaired) electrons. The minimum atomic E-state index is -1.16. The maximum atomic E-state index is 14.4. The van der Waals surface area contributed by atoms with E-state index >= 15 is 0 Å². The molecule has 1 aromatic carbocycles. The molecule has 0 bridgehead atoms. The number of rotatable bonds is 11. The summed E-state index contributed by atoms with van der Waals surface area (Å²) in [6, 6.07) is -0.148. The monoisotopic (exact) mass is 691 g/mol. The number of alkyl carbamates (subject to hydrolysis) is 1. The highest BCUT2D eigenvalue weighted by molar-refractivity contribution is 6.38. The van der Waals surface area contributed by atoms with E-state index in [9.17, 15) is 24.0 Å². The second kappa shape index (κ2) is 13.8. The van der Waals surface area contributed by atoms with Crippen LogP contribution in [0.25, 0.3) is 0 Å². The smallest absolute Gasteiger partial charge is 0.408 e. The van der Waals surface area contributed by atoms with Crippen LogP contribution >= 0.6 is 11.6 Å². The Hall–Kier alpha value is -4.07. The number of ketones is 1. The van der Waals surface area contributed by atoms with Gasteiger partial charge in [-0.05, 0) is 44.6 Å². The number of hydrogen-bond acceptors (Lipinski definition) is 10. The fourth-order valence-corrected chi connectivity index (χ4v) is 6.20. The third-order valence-corrected chi connectivity index (χ3v) is 8.82. The van der Waals surface area contributed by atoms with Gasteiger partial charge in [0.2, 0.25) is 17.6 Å². The molecule has 14 nitrogen and oxygen atoms in total. The number of oxime groups is 1. The van der Waals surface area contributed by atoms with Crippen LogP contribution in [0.1, 0.15) is 79.2 Å². The molecule has 0 aromatic heterocycles. The van der Waals surface area contributed by atoms with Crippen LogP contribution in [0.4, 0.5) is 4.79 Å². The molecule has 2 fully saturated rings. The molecular weight excluding hydrogens is 646 g/mol. The van der Waals surface area contributed by atoms with Crippen molar-refractivity contribution in [2.75, 3.05) is 20.8 Å². The van der Waals surface area contributed by atoms with Gasteiger partial charge in [0.1, 0.15) is 29.2 Å². The quantitative estimate of drug-likeness (QED) is 0.293. The number of nitrogens with zero attached hydrogens (tertiary/aromatic N) is 2. The van der Waals surface area contributed by atoms with Crippen LogP contribution in [0, 0.1) is 11.3 Å². The Balaban J connectivity index is 1.67. The summed E-state index contributed by atoms with van der Waals surface area (Å²) in [5.74, 6) is -2.28. The number of halogens is 1. The minimum absolute atomic E-state index is 0.00597. The number of primary amides is 1. The summed E-state index contributed by atoms with van der Waals surface area (Å²) in [5, 5.41) is 10.0. The Labute approximate surface area is 285 Å². The highest BCUT2D eigenvalue weighted by Crippen LogP contribution is 2.43. The van der Waals surface area contributed by atoms with Crippen molar-refractivity contribution >= 4 is 46.9 Å². The van der Waals surface area contributed by atoms with Gasteiger partial charge >= 0.3 is 6.09 Å². The standard InChI is InChI=1S/C33H46ClN5O9/c1-31(2,3)26(37-30(44)47-32(4,5)6)29(43)39-16-33(14-21(38-48-33)18-12-19(34)24(46-8)13-23(18)45-7)15-22(39)28(42)36-20(11-17-9-10-17)25(40)27(35)41/h12-13,17,20,22,26H,9-11,14-16H2,1-8H3,(H2,35,41)(H,36,42)(H,37,44)/t20-,22-,26+,33+/m0/s1. The second-order valence-corrected chi connectivity index (χ2v) is 15.2. The van der Waals surface area contributed by atoms with Gasteiger partial charge in [0.15, 0.2) is 5.60 Å². The van der Waals surface area contributed by atoms with Crippen molar-refractivity contribution in [2.24, 2.45) is 22.2 Å². The number of benzene rings is 1. The van der Waals surface area contributed by atoms with E-state index in [2.05, 4.69) is 15.8 Å². The Morgan fingerprint density at radius 2 is 1.71 bits per heavy atom. The lowest BCUT2D eigenvalue weighted by Gasteiger charge is -2.36. The largest absolute Gasteiger partial charge is 0.496 e. The third-order valence-electron chi connectivity index (χ3n) is 8.53. The molecule has 0 unspecified atom stereocenters. The summed E-state index contributed by atoms with van der Waals surface area (Å²) >= 11 is 6.43. The summed E-state index contributed by atoms with van der Waals surface area (Å²) in [5.41, 5.74) is 3.54. The molecule has 264 valence electrons. The van der Waals surface area contributed by atoms with Crippen LogP contribution in [0.2, 0.25) is 5.02 Å². The Morgan fingerprint density at radius 3 is 2.25 bits per heavy atom. The number of ether oxygens (including phenoxy) is 3. The highest BCUT2D eigenvalue weighted by atomic mass is 35.5. The Kier molecular flexibility index (Phi) is 10.6. The molecule has 4 rings (SSSR count). The van der Waals surface area contributed by atoms with Gasteiger partial charge in [0, 0.05) is 24.5 Å². The van der Waals surface area contributed by atoms with E-state index < -0.39 is 64.3 Å². The normalized spacial score (nSPS) is 21.9. The second-order valence-electron chi connectivity index (χ2n) is 14.8. The lowest BCUT2D eigenvalue weighted by molar-refractivity contribution is -0.143. The summed E-state index contributed by atoms with van der Waals surface area (Å²) in [7, 11) is 2.97. The Bertz CT molecular complexity index is 1500. The van der Waals surface area contributed by atoms with Crippen molar-refractivity contribution in [3.8, 4) is 11.5 Å². The zero-order chi connectivity index (χ0) is 35.8. The van der Waals surface area contributed by atoms with Gasteiger partial charge in [0.05, 0.1) is 37.5 Å². The van der Waals surface area contributed by atoms with E-state index in [0.29, 0.717) is 27.8 Å². The van der Waals surface area contributed by atoms with Crippen LogP contribution in [0.15, 0.2) is 17.3 Å². The minimum Gasteiger partial charge on any atom is -0.496 e. The van der Waals surface area contributed by atoms with Crippen LogP contribution in [0.3, 0.4) is 0 Å². The average Bonchev–Trinajstić information content (AvgIpc) is 3.59. The van der Waals surface area contributed by atoms with Gasteiger partial charge < -0.3 is 40.3 Å². The van der Waals surface area contributed by atoms with Crippen LogP contribution < -0.4 is 25.8 Å². The first-order valence-electron chi connectivity index (χ1n) is 15.9. The summed E-state index contributed by atoms with van der Waals surface area (Å²) in [4.78, 5) is 73.3. The molecule has 1 saturated carbocycles. The van der Waals surface area contributed by atoms with Crippen molar-refractivity contribution in [3.63, 3.8) is 0 Å². The topological polar surface area (TPSA) is 188 Å². The molecule has 4 atom stereocenters. The zero-order valence-electron chi connectivity index (χ0n) is 28.7. The fraction of sp³-hybridized carbons (Fsp3) is 0.636. The number of Topliss-reactive ketones (excluding diaryl/α,β-unsaturated/α-hetero) is 1. The fourth-order valence-electron chi connectivity index (χ4n) is 5.96. The van der Waals surface area contributed by atoms with E-state index in [0.717, 1.165) is 12.8 Å². The predicted octanol–water partition coefficient (Wildman–Crippen LogP) is 3.10. The number of amides is 4. The molecule has 15 heteroatoms. The number of carbonyl (C=O) groups excluding carboxylic acids is 5. The van der Waals surface area contributed by atoms with Gasteiger partial charge in [-0.15, -0.1) is 0 Å². The first-order chi connectivity index (χ1) is 22.3. The van der Waals surface area contributed by atoms with E-state index in [1.54, 1.807) is 53.7 Å². The lowest BCUT2D eigenvalue weighted by atomic mass is 9.85. The molecule has 1 spiro atoms. The van der Waals surface area contributed by atoms with Gasteiger partial charge in [-0.25, -0.2) is 4.79 Å². The van der Waals surface area contributed by atoms with Crippen molar-refractivity contribution in [3.05, 3.63) is 22.7 Å². The molecule has 3 aliphatic rings. The van der Waals surface area contributed by atoms with E-state index in [4.69, 9.17) is 36.4 Å². The molecule has 2 heterocycles. The highest BCUT2D eigenvalue weighted by Gasteiger charge is 2.56. The van der Waals surface area contributed by atoms with E-state index in [1.807, 2.05) is 0 Å². The van der Waals surface area contributed by atoms with E-state index in [1.165, 1.54) is 19.1 Å². The van der Waals surface area contributed by atoms with Crippen molar-refractivity contribution in [1.29, 1.82) is 0 Å². The Morgan fingerprint density at radius 1 is 1.06 bits per heavy atom. The molecule has 48 heavy (non-hydrogen) atoms. The molecule has 1 saturated heterocycles. The first-order valence-corrected chi connectivity index (χ1v) is 16.3. The van der Waals surface area contributed by atoms with Crippen molar-refractivity contribution in [1.82, 2.24) is 15.5 Å². The molecule has 2 aliphatic heterocycles. The molecule has 1 aromatic rings. The van der Waals surface area contributed by atoms with Gasteiger partial charge in [0.25, 0.3) is 5.91 Å².